The number of benzene rings is 3. The first-order valence-corrected chi connectivity index (χ1v) is 14.2. The average Bonchev–Trinajstić information content (AvgIpc) is 3.51. The summed E-state index contributed by atoms with van der Waals surface area (Å²) in [6.45, 7) is 5.45. The number of amides is 2. The molecule has 40 heavy (non-hydrogen) atoms. The number of thiol groups is 1. The average molecular weight is 557 g/mol. The first-order chi connectivity index (χ1) is 19.4. The molecule has 0 fully saturated rings. The van der Waals surface area contributed by atoms with E-state index in [2.05, 4.69) is 52.4 Å². The minimum atomic E-state index is -0.139. The van der Waals surface area contributed by atoms with Gasteiger partial charge in [0, 0.05) is 36.9 Å². The molecular weight excluding hydrogens is 520 g/mol. The van der Waals surface area contributed by atoms with Gasteiger partial charge in [-0.1, -0.05) is 92.7 Å². The van der Waals surface area contributed by atoms with E-state index in [0.29, 0.717) is 43.6 Å². The number of rotatable bonds is 13. The zero-order valence-corrected chi connectivity index (χ0v) is 23.8. The molecule has 0 spiro atoms. The van der Waals surface area contributed by atoms with E-state index in [1.807, 2.05) is 83.8 Å². The third kappa shape index (κ3) is 8.02. The van der Waals surface area contributed by atoms with E-state index in [0.717, 1.165) is 34.2 Å². The van der Waals surface area contributed by atoms with Crippen LogP contribution in [-0.2, 0) is 22.6 Å². The van der Waals surface area contributed by atoms with Crippen molar-refractivity contribution < 1.29 is 9.59 Å². The molecule has 0 saturated carbocycles. The zero-order valence-electron chi connectivity index (χ0n) is 23.0. The number of aromatic amines is 1. The molecule has 8 nitrogen and oxygen atoms in total. The molecular formula is C31H36N6O2S. The molecule has 4 rings (SSSR count). The summed E-state index contributed by atoms with van der Waals surface area (Å²) in [7, 11) is 0. The van der Waals surface area contributed by atoms with Crippen LogP contribution in [0.15, 0.2) is 78.9 Å². The van der Waals surface area contributed by atoms with E-state index < -0.39 is 0 Å². The number of H-pyrrole nitrogens is 1. The molecule has 0 aliphatic heterocycles. The number of tetrazole rings is 1. The maximum absolute atomic E-state index is 13.4. The first kappa shape index (κ1) is 29.0. The normalized spacial score (nSPS) is 11.8. The predicted molar refractivity (Wildman–Crippen MR) is 160 cm³/mol. The van der Waals surface area contributed by atoms with Crippen molar-refractivity contribution in [2.45, 2.75) is 33.2 Å². The molecule has 1 aromatic heterocycles. The summed E-state index contributed by atoms with van der Waals surface area (Å²) in [4.78, 5) is 27.9. The van der Waals surface area contributed by atoms with Crippen molar-refractivity contribution in [3.05, 3.63) is 90.0 Å². The van der Waals surface area contributed by atoms with E-state index in [4.69, 9.17) is 0 Å². The predicted octanol–water partition coefficient (Wildman–Crippen LogP) is 4.81. The van der Waals surface area contributed by atoms with Crippen molar-refractivity contribution in [3.8, 4) is 22.5 Å². The summed E-state index contributed by atoms with van der Waals surface area (Å²) in [5.74, 6) is 1.31. The van der Waals surface area contributed by atoms with Crippen LogP contribution in [0.5, 0.6) is 0 Å². The Morgan fingerprint density at radius 3 is 2.27 bits per heavy atom. The van der Waals surface area contributed by atoms with Gasteiger partial charge in [0.05, 0.1) is 6.42 Å². The van der Waals surface area contributed by atoms with Gasteiger partial charge >= 0.3 is 0 Å². The second-order valence-corrected chi connectivity index (χ2v) is 10.6. The molecule has 9 heteroatoms. The zero-order chi connectivity index (χ0) is 28.3. The van der Waals surface area contributed by atoms with Crippen molar-refractivity contribution in [3.63, 3.8) is 0 Å². The number of carbonyl (C=O) groups is 2. The molecule has 0 aliphatic rings. The van der Waals surface area contributed by atoms with Gasteiger partial charge in [0.2, 0.25) is 17.6 Å². The van der Waals surface area contributed by atoms with Crippen LogP contribution in [-0.4, -0.2) is 56.2 Å². The minimum absolute atomic E-state index is 0.0104. The second kappa shape index (κ2) is 14.4. The second-order valence-electron chi connectivity index (χ2n) is 10.3. The van der Waals surface area contributed by atoms with Crippen molar-refractivity contribution >= 4 is 24.4 Å². The summed E-state index contributed by atoms with van der Waals surface area (Å²) in [5, 5.41) is 17.5. The Labute approximate surface area is 241 Å². The third-order valence-electron chi connectivity index (χ3n) is 6.73. The fraction of sp³-hybridized carbons (Fsp3) is 0.323. The molecule has 0 aliphatic carbocycles. The van der Waals surface area contributed by atoms with E-state index in [9.17, 15) is 9.59 Å². The fourth-order valence-electron chi connectivity index (χ4n) is 4.68. The maximum Gasteiger partial charge on any atom is 0.227 e. The summed E-state index contributed by atoms with van der Waals surface area (Å²) < 4.78 is 0. The van der Waals surface area contributed by atoms with Gasteiger partial charge in [-0.15, -0.1) is 10.2 Å². The lowest BCUT2D eigenvalue weighted by Crippen LogP contribution is -2.41. The van der Waals surface area contributed by atoms with Crippen LogP contribution in [0.25, 0.3) is 22.5 Å². The molecule has 3 aromatic carbocycles. The molecule has 1 atom stereocenters. The van der Waals surface area contributed by atoms with E-state index in [-0.39, 0.29) is 17.7 Å². The van der Waals surface area contributed by atoms with Gasteiger partial charge in [0.25, 0.3) is 0 Å². The summed E-state index contributed by atoms with van der Waals surface area (Å²) in [5.41, 5.74) is 4.86. The lowest BCUT2D eigenvalue weighted by atomic mass is 9.98. The summed E-state index contributed by atoms with van der Waals surface area (Å²) >= 11 is 4.37. The Morgan fingerprint density at radius 1 is 0.925 bits per heavy atom. The van der Waals surface area contributed by atoms with Gasteiger partial charge in [-0.25, -0.2) is 0 Å². The third-order valence-corrected chi connectivity index (χ3v) is 7.17. The van der Waals surface area contributed by atoms with Gasteiger partial charge in [-0.2, -0.15) is 17.8 Å². The van der Waals surface area contributed by atoms with Gasteiger partial charge in [0.1, 0.15) is 0 Å². The highest BCUT2D eigenvalue weighted by molar-refractivity contribution is 7.80. The number of nitrogens with zero attached hydrogens (tertiary/aromatic N) is 4. The van der Waals surface area contributed by atoms with Crippen LogP contribution in [0, 0.1) is 11.8 Å². The molecule has 1 heterocycles. The number of nitrogens with one attached hydrogen (secondary N) is 2. The molecule has 0 radical (unpaired) electrons. The van der Waals surface area contributed by atoms with Crippen molar-refractivity contribution in [2.75, 3.05) is 18.8 Å². The molecule has 0 bridgehead atoms. The summed E-state index contributed by atoms with van der Waals surface area (Å²) in [6.07, 6.45) is 1.09. The molecule has 1 unspecified atom stereocenters. The van der Waals surface area contributed by atoms with Crippen LogP contribution in [0.1, 0.15) is 31.4 Å². The fourth-order valence-corrected chi connectivity index (χ4v) is 5.00. The number of aromatic nitrogens is 4. The van der Waals surface area contributed by atoms with Crippen LogP contribution in [0.4, 0.5) is 0 Å². The highest BCUT2D eigenvalue weighted by Gasteiger charge is 2.20. The Kier molecular flexibility index (Phi) is 10.5. The smallest absolute Gasteiger partial charge is 0.227 e. The molecule has 4 aromatic rings. The van der Waals surface area contributed by atoms with Gasteiger partial charge in [0.15, 0.2) is 0 Å². The van der Waals surface area contributed by atoms with Gasteiger partial charge in [-0.3, -0.25) is 9.59 Å². The Balaban J connectivity index is 1.47. The van der Waals surface area contributed by atoms with E-state index in [1.54, 1.807) is 0 Å². The molecule has 2 N–H and O–H groups in total. The maximum atomic E-state index is 13.4. The SMILES string of the molecule is CC(C)CC(CS)C(=O)NCCN(Cc1ccc(-c2ccccc2-c2nn[nH]n2)cc1)C(=O)Cc1ccccc1. The first-order valence-electron chi connectivity index (χ1n) is 13.6. The van der Waals surface area contributed by atoms with Gasteiger partial charge in [-0.05, 0) is 39.8 Å². The Morgan fingerprint density at radius 2 is 1.62 bits per heavy atom. The highest BCUT2D eigenvalue weighted by atomic mass is 32.1. The number of hydrogen-bond acceptors (Lipinski definition) is 6. The Hall–Kier alpha value is -3.98. The molecule has 208 valence electrons. The van der Waals surface area contributed by atoms with Crippen molar-refractivity contribution in [2.24, 2.45) is 11.8 Å². The van der Waals surface area contributed by atoms with E-state index >= 15 is 0 Å². The molecule has 2 amide bonds. The van der Waals surface area contributed by atoms with E-state index in [1.165, 1.54) is 0 Å². The highest BCUT2D eigenvalue weighted by Crippen LogP contribution is 2.30. The molecule has 0 saturated heterocycles. The van der Waals surface area contributed by atoms with Crippen LogP contribution in [0.3, 0.4) is 0 Å². The number of hydrogen-bond donors (Lipinski definition) is 3. The standard InChI is InChI=1S/C31H36N6O2S/c1-22(2)18-26(21-40)31(39)32-16-17-37(29(38)19-23-8-4-3-5-9-23)20-24-12-14-25(15-13-24)27-10-6-7-11-28(27)30-33-35-36-34-30/h3-15,22,26,40H,16-21H2,1-2H3,(H,32,39)(H,33,34,35,36). The van der Waals surface area contributed by atoms with Crippen LogP contribution < -0.4 is 5.32 Å². The van der Waals surface area contributed by atoms with Crippen LogP contribution >= 0.6 is 12.6 Å². The van der Waals surface area contributed by atoms with Crippen molar-refractivity contribution in [1.82, 2.24) is 30.8 Å². The monoisotopic (exact) mass is 556 g/mol. The van der Waals surface area contributed by atoms with Crippen molar-refractivity contribution in [1.29, 1.82) is 0 Å². The summed E-state index contributed by atoms with van der Waals surface area (Å²) in [6, 6.07) is 25.8. The quantitative estimate of drug-likeness (QED) is 0.205. The minimum Gasteiger partial charge on any atom is -0.354 e. The Bertz CT molecular complexity index is 1360. The number of carbonyl (C=O) groups excluding carboxylic acids is 2. The van der Waals surface area contributed by atoms with Crippen LogP contribution in [0.2, 0.25) is 0 Å². The topological polar surface area (TPSA) is 104 Å². The lowest BCUT2D eigenvalue weighted by molar-refractivity contribution is -0.132. The largest absolute Gasteiger partial charge is 0.354 e. The lowest BCUT2D eigenvalue weighted by Gasteiger charge is -2.24. The van der Waals surface area contributed by atoms with Gasteiger partial charge < -0.3 is 10.2 Å².